The summed E-state index contributed by atoms with van der Waals surface area (Å²) in [6.07, 6.45) is 7.23. The maximum atomic E-state index is 12.8. The van der Waals surface area contributed by atoms with Crippen molar-refractivity contribution in [1.29, 1.82) is 0 Å². The number of nitrogens with zero attached hydrogens (tertiary/aromatic N) is 4. The van der Waals surface area contributed by atoms with Gasteiger partial charge in [-0.05, 0) is 37.0 Å². The highest BCUT2D eigenvalue weighted by molar-refractivity contribution is 5.95. The van der Waals surface area contributed by atoms with E-state index in [1.807, 2.05) is 23.1 Å². The lowest BCUT2D eigenvalue weighted by atomic mass is 9.98. The van der Waals surface area contributed by atoms with Gasteiger partial charge in [-0.3, -0.25) is 9.78 Å². The Hall–Kier alpha value is -2.63. The highest BCUT2D eigenvalue weighted by Gasteiger charge is 2.25. The lowest BCUT2D eigenvalue weighted by molar-refractivity contribution is 0.0696. The zero-order valence-electron chi connectivity index (χ0n) is 14.4. The van der Waals surface area contributed by atoms with E-state index in [9.17, 15) is 4.79 Å². The summed E-state index contributed by atoms with van der Waals surface area (Å²) in [5, 5.41) is 0. The number of piperidine rings is 1. The zero-order valence-corrected chi connectivity index (χ0v) is 14.4. The Kier molecular flexibility index (Phi) is 4.26. The third kappa shape index (κ3) is 3.16. The van der Waals surface area contributed by atoms with Gasteiger partial charge >= 0.3 is 0 Å². The van der Waals surface area contributed by atoms with Crippen LogP contribution < -0.4 is 9.64 Å². The minimum Gasteiger partial charge on any atom is -0.490 e. The van der Waals surface area contributed by atoms with Crippen LogP contribution in [-0.2, 0) is 0 Å². The minimum atomic E-state index is 0.0925. The lowest BCUT2D eigenvalue weighted by Crippen LogP contribution is -2.38. The van der Waals surface area contributed by atoms with E-state index in [2.05, 4.69) is 21.8 Å². The molecule has 2 aliphatic heterocycles. The molecule has 1 fully saturated rings. The molecule has 0 unspecified atom stereocenters. The Morgan fingerprint density at radius 3 is 2.80 bits per heavy atom. The number of ether oxygens (including phenoxy) is 1. The summed E-state index contributed by atoms with van der Waals surface area (Å²) in [6, 6.07) is 5.69. The molecule has 130 valence electrons. The van der Waals surface area contributed by atoms with Gasteiger partial charge in [0.2, 0.25) is 0 Å². The molecule has 1 aromatic carbocycles. The SMILES string of the molecule is CC1CCN(C(=O)c2ccc3c(c2)OCCN3c2cnccn2)CC1. The number of carbonyl (C=O) groups excluding carboxylic acids is 1. The first-order valence-corrected chi connectivity index (χ1v) is 8.82. The Balaban J connectivity index is 1.58. The second-order valence-corrected chi connectivity index (χ2v) is 6.72. The molecule has 0 spiro atoms. The molecule has 0 atom stereocenters. The molecular weight excluding hydrogens is 316 g/mol. The maximum Gasteiger partial charge on any atom is 0.253 e. The van der Waals surface area contributed by atoms with Crippen molar-refractivity contribution in [3.8, 4) is 5.75 Å². The van der Waals surface area contributed by atoms with E-state index in [4.69, 9.17) is 4.74 Å². The normalized spacial score (nSPS) is 17.8. The van der Waals surface area contributed by atoms with Gasteiger partial charge in [-0.15, -0.1) is 0 Å². The van der Waals surface area contributed by atoms with E-state index in [1.54, 1.807) is 18.6 Å². The fourth-order valence-corrected chi connectivity index (χ4v) is 3.42. The number of amides is 1. The van der Waals surface area contributed by atoms with Crippen LogP contribution in [0.25, 0.3) is 0 Å². The molecule has 1 saturated heterocycles. The van der Waals surface area contributed by atoms with Gasteiger partial charge in [-0.1, -0.05) is 6.92 Å². The van der Waals surface area contributed by atoms with Crippen molar-refractivity contribution in [2.75, 3.05) is 31.1 Å². The largest absolute Gasteiger partial charge is 0.490 e. The highest BCUT2D eigenvalue weighted by Crippen LogP contribution is 2.36. The molecule has 1 amide bonds. The van der Waals surface area contributed by atoms with E-state index in [0.717, 1.165) is 43.2 Å². The fourth-order valence-electron chi connectivity index (χ4n) is 3.42. The Morgan fingerprint density at radius 2 is 2.04 bits per heavy atom. The summed E-state index contributed by atoms with van der Waals surface area (Å²) in [4.78, 5) is 25.3. The van der Waals surface area contributed by atoms with E-state index >= 15 is 0 Å². The number of fused-ring (bicyclic) bond motifs is 1. The van der Waals surface area contributed by atoms with Crippen LogP contribution in [0.5, 0.6) is 5.75 Å². The quantitative estimate of drug-likeness (QED) is 0.843. The first kappa shape index (κ1) is 15.9. The molecule has 0 bridgehead atoms. The number of hydrogen-bond donors (Lipinski definition) is 0. The number of hydrogen-bond acceptors (Lipinski definition) is 5. The van der Waals surface area contributed by atoms with Gasteiger partial charge in [0.1, 0.15) is 12.4 Å². The van der Waals surface area contributed by atoms with Gasteiger partial charge in [0.05, 0.1) is 18.4 Å². The third-order valence-corrected chi connectivity index (χ3v) is 4.97. The molecule has 0 N–H and O–H groups in total. The first-order valence-electron chi connectivity index (χ1n) is 8.82. The average molecular weight is 338 g/mol. The van der Waals surface area contributed by atoms with E-state index in [-0.39, 0.29) is 5.91 Å². The van der Waals surface area contributed by atoms with Crippen molar-refractivity contribution in [2.45, 2.75) is 19.8 Å². The topological polar surface area (TPSA) is 58.6 Å². The summed E-state index contributed by atoms with van der Waals surface area (Å²) in [5.41, 5.74) is 1.62. The fraction of sp³-hybridized carbons (Fsp3) is 0.421. The van der Waals surface area contributed by atoms with Gasteiger partial charge in [0, 0.05) is 31.0 Å². The maximum absolute atomic E-state index is 12.8. The van der Waals surface area contributed by atoms with Crippen LogP contribution in [0.2, 0.25) is 0 Å². The van der Waals surface area contributed by atoms with Crippen LogP contribution in [0.15, 0.2) is 36.8 Å². The van der Waals surface area contributed by atoms with Gasteiger partial charge in [-0.2, -0.15) is 0 Å². The molecule has 0 saturated carbocycles. The van der Waals surface area contributed by atoms with Crippen LogP contribution in [0, 0.1) is 5.92 Å². The second kappa shape index (κ2) is 6.70. The Labute approximate surface area is 147 Å². The van der Waals surface area contributed by atoms with E-state index in [0.29, 0.717) is 24.6 Å². The predicted octanol–water partition coefficient (Wildman–Crippen LogP) is 2.88. The molecular formula is C19H22N4O2. The third-order valence-electron chi connectivity index (χ3n) is 4.97. The van der Waals surface area contributed by atoms with Crippen molar-refractivity contribution in [3.05, 3.63) is 42.4 Å². The van der Waals surface area contributed by atoms with Crippen molar-refractivity contribution >= 4 is 17.4 Å². The smallest absolute Gasteiger partial charge is 0.253 e. The summed E-state index contributed by atoms with van der Waals surface area (Å²) in [6.45, 7) is 5.19. The van der Waals surface area contributed by atoms with Gasteiger partial charge in [-0.25, -0.2) is 4.98 Å². The van der Waals surface area contributed by atoms with Crippen LogP contribution in [0.1, 0.15) is 30.1 Å². The van der Waals surface area contributed by atoms with Gasteiger partial charge in [0.25, 0.3) is 5.91 Å². The van der Waals surface area contributed by atoms with Crippen LogP contribution >= 0.6 is 0 Å². The van der Waals surface area contributed by atoms with E-state index in [1.165, 1.54) is 0 Å². The number of anilines is 2. The summed E-state index contributed by atoms with van der Waals surface area (Å²) >= 11 is 0. The molecule has 1 aromatic heterocycles. The summed E-state index contributed by atoms with van der Waals surface area (Å²) in [7, 11) is 0. The molecule has 6 heteroatoms. The molecule has 0 aliphatic carbocycles. The van der Waals surface area contributed by atoms with Crippen molar-refractivity contribution in [1.82, 2.24) is 14.9 Å². The molecule has 2 aromatic rings. The number of likely N-dealkylation sites (tertiary alicyclic amines) is 1. The average Bonchev–Trinajstić information content (AvgIpc) is 2.68. The monoisotopic (exact) mass is 338 g/mol. The molecule has 4 rings (SSSR count). The highest BCUT2D eigenvalue weighted by atomic mass is 16.5. The standard InChI is InChI=1S/C19H22N4O2/c1-14-4-8-22(9-5-14)19(24)15-2-3-16-17(12-15)25-11-10-23(16)18-13-20-6-7-21-18/h2-3,6-7,12-14H,4-5,8-11H2,1H3. The minimum absolute atomic E-state index is 0.0925. The van der Waals surface area contributed by atoms with Crippen molar-refractivity contribution < 1.29 is 9.53 Å². The first-order chi connectivity index (χ1) is 12.2. The molecule has 25 heavy (non-hydrogen) atoms. The molecule has 2 aliphatic rings. The van der Waals surface area contributed by atoms with Crippen LogP contribution in [0.3, 0.4) is 0 Å². The molecule has 0 radical (unpaired) electrons. The summed E-state index contributed by atoms with van der Waals surface area (Å²) < 4.78 is 5.81. The number of rotatable bonds is 2. The van der Waals surface area contributed by atoms with Crippen molar-refractivity contribution in [2.24, 2.45) is 5.92 Å². The van der Waals surface area contributed by atoms with Gasteiger partial charge < -0.3 is 14.5 Å². The Bertz CT molecular complexity index is 757. The zero-order chi connectivity index (χ0) is 17.2. The van der Waals surface area contributed by atoms with Crippen molar-refractivity contribution in [3.63, 3.8) is 0 Å². The summed E-state index contributed by atoms with van der Waals surface area (Å²) in [5.74, 6) is 2.32. The van der Waals surface area contributed by atoms with Crippen LogP contribution in [0.4, 0.5) is 11.5 Å². The predicted molar refractivity (Wildman–Crippen MR) is 95.3 cm³/mol. The second-order valence-electron chi connectivity index (χ2n) is 6.72. The Morgan fingerprint density at radius 1 is 1.20 bits per heavy atom. The van der Waals surface area contributed by atoms with E-state index < -0.39 is 0 Å². The number of carbonyl (C=O) groups is 1. The van der Waals surface area contributed by atoms with Crippen LogP contribution in [-0.4, -0.2) is 47.0 Å². The van der Waals surface area contributed by atoms with Gasteiger partial charge in [0.15, 0.2) is 5.82 Å². The molecule has 6 nitrogen and oxygen atoms in total. The number of benzene rings is 1. The molecule has 3 heterocycles. The number of aromatic nitrogens is 2. The lowest BCUT2D eigenvalue weighted by Gasteiger charge is -2.32.